The topological polar surface area (TPSA) is 387 Å². The summed E-state index contributed by atoms with van der Waals surface area (Å²) in [5, 5.41) is 53.2. The van der Waals surface area contributed by atoms with Crippen LogP contribution in [0.2, 0.25) is 0 Å². The van der Waals surface area contributed by atoms with Gasteiger partial charge in [0, 0.05) is 84.4 Å². The van der Waals surface area contributed by atoms with Crippen LogP contribution in [0.5, 0.6) is 0 Å². The summed E-state index contributed by atoms with van der Waals surface area (Å²) in [5.74, 6) is 0.692. The molecule has 7 N–H and O–H groups in total. The number of amides is 6. The molecule has 0 aliphatic heterocycles. The van der Waals surface area contributed by atoms with Gasteiger partial charge < -0.3 is 37.0 Å². The third-order valence-electron chi connectivity index (χ3n) is 21.7. The number of carbonyl (C=O) groups is 6. The molecule has 39 heteroatoms. The molecule has 0 bridgehead atoms. The van der Waals surface area contributed by atoms with Crippen molar-refractivity contribution in [3.05, 3.63) is 287 Å². The first-order valence-electron chi connectivity index (χ1n) is 46.3. The third kappa shape index (κ3) is 50.9. The molecule has 4 aromatic carbocycles. The van der Waals surface area contributed by atoms with E-state index in [1.54, 1.807) is 46.3 Å². The number of aromatic nitrogens is 13. The average molecular weight is 2240 g/mol. The van der Waals surface area contributed by atoms with E-state index < -0.39 is 11.5 Å². The summed E-state index contributed by atoms with van der Waals surface area (Å²) in [7, 11) is 30.5. The van der Waals surface area contributed by atoms with Gasteiger partial charge in [0.05, 0.1) is 75.2 Å². The van der Waals surface area contributed by atoms with Crippen molar-refractivity contribution in [3.63, 3.8) is 0 Å². The number of nitrogens with zero attached hydrogens (tertiary/aromatic N) is 16. The van der Waals surface area contributed by atoms with Crippen molar-refractivity contribution in [2.45, 2.75) is 197 Å². The van der Waals surface area contributed by atoms with Crippen LogP contribution in [-0.2, 0) is 82.3 Å². The van der Waals surface area contributed by atoms with Gasteiger partial charge in [0.25, 0.3) is 0 Å². The first-order chi connectivity index (χ1) is 67.3. The molecule has 0 saturated heterocycles. The summed E-state index contributed by atoms with van der Waals surface area (Å²) in [5.41, 5.74) is 22.3. The Kier molecular flexibility index (Phi) is 65.5. The van der Waals surface area contributed by atoms with Gasteiger partial charge in [-0.1, -0.05) is 229 Å². The normalized spacial score (nSPS) is 12.3. The van der Waals surface area contributed by atoms with Gasteiger partial charge in [-0.25, -0.2) is 19.0 Å². The van der Waals surface area contributed by atoms with Crippen molar-refractivity contribution in [1.82, 2.24) is 96.8 Å². The number of aliphatic hydroxyl groups is 1. The fourth-order valence-corrected chi connectivity index (χ4v) is 13.7. The Balaban J connectivity index is 0.000000481. The van der Waals surface area contributed by atoms with Crippen molar-refractivity contribution in [1.29, 1.82) is 0 Å². The monoisotopic (exact) mass is 2230 g/mol. The van der Waals surface area contributed by atoms with Crippen LogP contribution >= 0.6 is 57.2 Å². The molecule has 0 fully saturated rings. The summed E-state index contributed by atoms with van der Waals surface area (Å²) in [6, 6.07) is 55.5. The molecule has 140 heavy (non-hydrogen) atoms. The van der Waals surface area contributed by atoms with E-state index in [4.69, 9.17) is 74.2 Å². The first-order valence-corrected chi connectivity index (χ1v) is 66.3. The minimum atomic E-state index is -2.81. The fraction of sp³-hybridized carbons (Fsp3) is 0.386. The molecule has 7 aromatic heterocycles. The first kappa shape index (κ1) is 125. The molecule has 0 aliphatic carbocycles. The van der Waals surface area contributed by atoms with Gasteiger partial charge in [-0.05, 0) is 202 Å². The molecule has 750 valence electrons. The number of aliphatic hydroxyl groups excluding tert-OH is 1. The van der Waals surface area contributed by atoms with Crippen LogP contribution in [0.15, 0.2) is 232 Å². The Morgan fingerprint density at radius 2 is 0.757 bits per heavy atom. The molecule has 7 heterocycles. The number of azide groups is 1. The standard InChI is InChI=1S/2C34H49N7O3.C16H14N4.C9H9N3.C7H5N.CH4O.6ClH.2Na.2Pd/c2*1-7-24(6)32(42)36-22-37-33(43)27(9-3)19-29(34(44)38-23(4)5)18-26(8-2)28-15-13-25(14-16-28)20-41-21-31(39-40-41)30-12-10-11-17-35-30;1-2-13-6-8-14(9-7-13)11-20-12-16(18-19-20)15-5-3-4-10-17-15;1-2-8-3-5-9(6-4-8)7-11-12-10;1-2-7-5-3-4-6-8-7;1-2;;;;;;;;;;/h2*10-17,21,23-24,26-27,29H,7-9,18-20,22H2,1-6H3,(H,36,42)(H,37,43)(H,38,44);2-10,12H,1,11H2;2-6H,1,7H2;1,3-6H;2H,1H3;6*1H;;;;/q;;;;;;;;;;;;;;+2;+4/p-6. The van der Waals surface area contributed by atoms with E-state index in [1.807, 2.05) is 202 Å². The Bertz CT molecular complexity index is 5230. The fourth-order valence-electron chi connectivity index (χ4n) is 13.7. The summed E-state index contributed by atoms with van der Waals surface area (Å²) in [6.07, 6.45) is 27.8. The summed E-state index contributed by atoms with van der Waals surface area (Å²) in [6.45, 7) is 33.4. The van der Waals surface area contributed by atoms with Crippen LogP contribution in [0.25, 0.3) is 56.8 Å². The molecule has 11 aromatic rings. The van der Waals surface area contributed by atoms with Gasteiger partial charge in [0.2, 0.25) is 35.4 Å². The predicted octanol–water partition coefficient (Wildman–Crippen LogP) is 20.3. The van der Waals surface area contributed by atoms with Crippen LogP contribution in [0.3, 0.4) is 0 Å². The number of carbonyl (C=O) groups excluding carboxylic acids is 6. The number of rotatable bonds is 41. The Hall–Kier alpha value is -8.91. The molecular weight excluding hydrogens is 2100 g/mol. The van der Waals surface area contributed by atoms with E-state index >= 15 is 0 Å². The molecule has 11 rings (SSSR count). The zero-order chi connectivity index (χ0) is 104. The second-order valence-electron chi connectivity index (χ2n) is 32.2. The number of pyridine rings is 4. The van der Waals surface area contributed by atoms with E-state index in [0.717, 1.165) is 106 Å². The maximum absolute atomic E-state index is 13.4. The third-order valence-corrected chi connectivity index (χ3v) is 21.7. The summed E-state index contributed by atoms with van der Waals surface area (Å²) >= 11 is -0.0278. The molecule has 0 aliphatic rings. The molecule has 29 nitrogen and oxygen atoms in total. The van der Waals surface area contributed by atoms with Crippen LogP contribution in [-0.4, -0.2) is 182 Å². The number of benzene rings is 4. The maximum atomic E-state index is 13.4. The number of hydrogen-bond acceptors (Lipinski definition) is 18. The quantitative estimate of drug-likeness (QED) is 0.00467. The minimum absolute atomic E-state index is 0.00371. The molecule has 6 amide bonds. The second-order valence-corrected chi connectivity index (χ2v) is 48.7. The molecular formula is C101H130Cl6N22Na2O7Pd2. The number of halogens is 6. The molecule has 0 saturated carbocycles. The molecule has 0 spiro atoms. The van der Waals surface area contributed by atoms with Crippen molar-refractivity contribution in [3.8, 4) is 46.5 Å². The van der Waals surface area contributed by atoms with Gasteiger partial charge in [-0.3, -0.25) is 43.7 Å². The van der Waals surface area contributed by atoms with Crippen molar-refractivity contribution < 1.29 is 61.3 Å². The van der Waals surface area contributed by atoms with E-state index in [2.05, 4.69) is 186 Å². The van der Waals surface area contributed by atoms with Crippen molar-refractivity contribution >= 4 is 148 Å². The summed E-state index contributed by atoms with van der Waals surface area (Å²) in [4.78, 5) is 96.5. The van der Waals surface area contributed by atoms with Crippen molar-refractivity contribution in [2.75, 3.05) is 20.4 Å². The number of hydrogen-bond donors (Lipinski definition) is 7. The van der Waals surface area contributed by atoms with Crippen LogP contribution in [0.1, 0.15) is 209 Å². The second kappa shape index (κ2) is 73.2. The van der Waals surface area contributed by atoms with Crippen LogP contribution in [0.4, 0.5) is 0 Å². The van der Waals surface area contributed by atoms with Crippen LogP contribution in [0, 0.1) is 47.9 Å². The molecule has 8 unspecified atom stereocenters. The van der Waals surface area contributed by atoms with Gasteiger partial charge in [-0.15, -0.1) is 21.7 Å². The number of nitrogens with one attached hydrogen (secondary N) is 6. The Morgan fingerprint density at radius 1 is 0.450 bits per heavy atom. The van der Waals surface area contributed by atoms with Gasteiger partial charge in [0.1, 0.15) is 22.8 Å². The zero-order valence-corrected chi connectivity index (χ0v) is 94.0. The zero-order valence-electron chi connectivity index (χ0n) is 82.4. The van der Waals surface area contributed by atoms with E-state index in [-0.39, 0.29) is 124 Å². The van der Waals surface area contributed by atoms with E-state index in [1.165, 1.54) is 49.2 Å². The number of terminal acetylenes is 1. The molecule has 0 radical (unpaired) electrons. The van der Waals surface area contributed by atoms with Crippen LogP contribution < -0.4 is 31.9 Å². The summed E-state index contributed by atoms with van der Waals surface area (Å²) < 4.78 is 5.41. The Morgan fingerprint density at radius 3 is 1.01 bits per heavy atom. The SMILES string of the molecule is C#Cc1ccccn1.C=Cc1ccc(CN=[N+]=[N-])cc1.C=Cc1ccc(Cn2cc(-c3ccccn3)nn2)cc1.CCC(C)C(=O)NCNC(=O)C(CC)CC(CC(CC)c1ccc(Cn2cc(-c3ccccn3)nn2)cc1)C(=O)NC(C)C.CCC(C)C(=O)NCNC(=O)C(CC)CC(CC(CC)c1ccc(Cn2cc(-c3ccccn3)nn2)cc1)C(=O)NC(C)C.CO.[Cl][Pd]([Cl])([Cl])[Cl].[Cl][Pd][Cl].[Na][Na]. The predicted molar refractivity (Wildman–Crippen MR) is 560 cm³/mol. The Labute approximate surface area is 889 Å². The van der Waals surface area contributed by atoms with E-state index in [9.17, 15) is 28.8 Å². The van der Waals surface area contributed by atoms with Gasteiger partial charge in [-0.2, -0.15) is 0 Å². The molecule has 8 atom stereocenters. The van der Waals surface area contributed by atoms with Gasteiger partial charge >= 0.3 is 128 Å². The average Bonchev–Trinajstić information content (AvgIpc) is 1.44. The van der Waals surface area contributed by atoms with Gasteiger partial charge in [0.15, 0.2) is 0 Å². The van der Waals surface area contributed by atoms with Crippen molar-refractivity contribution in [2.24, 2.45) is 40.6 Å². The van der Waals surface area contributed by atoms with E-state index in [0.29, 0.717) is 70.4 Å².